The lowest BCUT2D eigenvalue weighted by Gasteiger charge is -2.19. The summed E-state index contributed by atoms with van der Waals surface area (Å²) in [6.45, 7) is 5.91. The van der Waals surface area contributed by atoms with Crippen LogP contribution in [0.5, 0.6) is 11.5 Å². The Morgan fingerprint density at radius 2 is 1.64 bits per heavy atom. The summed E-state index contributed by atoms with van der Waals surface area (Å²) in [6, 6.07) is 24.9. The van der Waals surface area contributed by atoms with Crippen LogP contribution in [0.3, 0.4) is 0 Å². The average molecular weight is 523 g/mol. The zero-order valence-corrected chi connectivity index (χ0v) is 21.8. The van der Waals surface area contributed by atoms with Gasteiger partial charge in [0.15, 0.2) is 11.2 Å². The Kier molecular flexibility index (Phi) is 8.13. The summed E-state index contributed by atoms with van der Waals surface area (Å²) >= 11 is 7.42. The van der Waals surface area contributed by atoms with Crippen LogP contribution < -0.4 is 14.8 Å². The molecule has 1 N–H and O–H groups in total. The summed E-state index contributed by atoms with van der Waals surface area (Å²) < 4.78 is 17.6. The maximum Gasteiger partial charge on any atom is 0.413 e. The van der Waals surface area contributed by atoms with Gasteiger partial charge in [-0.2, -0.15) is 0 Å². The van der Waals surface area contributed by atoms with Gasteiger partial charge in [-0.1, -0.05) is 65.4 Å². The Labute approximate surface area is 219 Å². The van der Waals surface area contributed by atoms with Crippen LogP contribution in [0.1, 0.15) is 42.9 Å². The van der Waals surface area contributed by atoms with Gasteiger partial charge < -0.3 is 14.2 Å². The number of amides is 1. The first-order valence-electron chi connectivity index (χ1n) is 11.4. The minimum atomic E-state index is -0.601. The fourth-order valence-electron chi connectivity index (χ4n) is 3.28. The highest BCUT2D eigenvalue weighted by atomic mass is 35.5. The predicted molar refractivity (Wildman–Crippen MR) is 143 cm³/mol. The number of hydrogen-bond acceptors (Lipinski definition) is 6. The molecule has 1 amide bonds. The van der Waals surface area contributed by atoms with Crippen molar-refractivity contribution in [2.75, 3.05) is 5.32 Å². The van der Waals surface area contributed by atoms with E-state index in [-0.39, 0.29) is 0 Å². The maximum atomic E-state index is 12.2. The van der Waals surface area contributed by atoms with Crippen molar-refractivity contribution >= 4 is 34.2 Å². The lowest BCUT2D eigenvalue weighted by molar-refractivity contribution is 0.0636. The van der Waals surface area contributed by atoms with Crippen molar-refractivity contribution in [3.8, 4) is 11.5 Å². The third kappa shape index (κ3) is 7.47. The van der Waals surface area contributed by atoms with Gasteiger partial charge in [-0.3, -0.25) is 5.32 Å². The monoisotopic (exact) mass is 522 g/mol. The molecule has 8 heteroatoms. The van der Waals surface area contributed by atoms with Crippen LogP contribution in [-0.2, 0) is 11.3 Å². The van der Waals surface area contributed by atoms with Gasteiger partial charge >= 0.3 is 6.09 Å². The largest absolute Gasteiger partial charge is 0.489 e. The normalized spacial score (nSPS) is 12.0. The van der Waals surface area contributed by atoms with Gasteiger partial charge in [0, 0.05) is 11.2 Å². The number of halogens is 1. The van der Waals surface area contributed by atoms with Crippen LogP contribution >= 0.6 is 22.9 Å². The molecule has 0 spiro atoms. The number of ether oxygens (including phenoxy) is 3. The number of benzene rings is 3. The smallest absolute Gasteiger partial charge is 0.413 e. The van der Waals surface area contributed by atoms with Gasteiger partial charge in [0.1, 0.15) is 23.7 Å². The van der Waals surface area contributed by atoms with Crippen molar-refractivity contribution in [3.63, 3.8) is 0 Å². The lowest BCUT2D eigenvalue weighted by Crippen LogP contribution is -2.27. The number of anilines is 1. The summed E-state index contributed by atoms with van der Waals surface area (Å²) in [5.41, 5.74) is 1.40. The van der Waals surface area contributed by atoms with E-state index < -0.39 is 17.8 Å². The molecular formula is C28H27ClN2O4S. The predicted octanol–water partition coefficient (Wildman–Crippen LogP) is 7.89. The fourth-order valence-corrected chi connectivity index (χ4v) is 4.26. The summed E-state index contributed by atoms with van der Waals surface area (Å²) in [4.78, 5) is 17.3. The Morgan fingerprint density at radius 3 is 2.31 bits per heavy atom. The van der Waals surface area contributed by atoms with E-state index >= 15 is 0 Å². The first-order chi connectivity index (χ1) is 17.2. The van der Waals surface area contributed by atoms with Gasteiger partial charge in [-0.05, 0) is 68.3 Å². The number of carbonyl (C=O) groups is 1. The molecule has 1 unspecified atom stereocenters. The first-order valence-corrected chi connectivity index (χ1v) is 12.6. The Morgan fingerprint density at radius 1 is 0.972 bits per heavy atom. The Hall–Kier alpha value is -3.55. The third-order valence-corrected chi connectivity index (χ3v) is 6.10. The first kappa shape index (κ1) is 25.5. The standard InChI is InChI=1S/C28H27ClN2O4S/c1-28(2,3)35-27(32)31-26-30-17-24(36-26)25(20-9-11-21(29)12-10-20)34-23-15-13-22(14-16-23)33-18-19-7-5-4-6-8-19/h4-17,25H,18H2,1-3H3,(H,30,31,32). The zero-order valence-electron chi connectivity index (χ0n) is 20.2. The molecule has 0 radical (unpaired) electrons. The van der Waals surface area contributed by atoms with E-state index in [0.29, 0.717) is 22.5 Å². The SMILES string of the molecule is CC(C)(C)OC(=O)Nc1ncc(C(Oc2ccc(OCc3ccccc3)cc2)c2ccc(Cl)cc2)s1. The third-order valence-electron chi connectivity index (χ3n) is 4.89. The Bertz CT molecular complexity index is 1270. The Balaban J connectivity index is 1.48. The molecule has 36 heavy (non-hydrogen) atoms. The minimum Gasteiger partial charge on any atom is -0.489 e. The molecule has 186 valence electrons. The molecule has 0 saturated heterocycles. The number of rotatable bonds is 8. The van der Waals surface area contributed by atoms with Crippen LogP contribution in [0.2, 0.25) is 5.02 Å². The second kappa shape index (κ2) is 11.5. The second-order valence-electron chi connectivity index (χ2n) is 8.99. The van der Waals surface area contributed by atoms with Crippen LogP contribution in [0, 0.1) is 0 Å². The highest BCUT2D eigenvalue weighted by molar-refractivity contribution is 7.15. The fraction of sp³-hybridized carbons (Fsp3) is 0.214. The molecule has 1 heterocycles. The van der Waals surface area contributed by atoms with E-state index in [1.165, 1.54) is 11.3 Å². The summed E-state index contributed by atoms with van der Waals surface area (Å²) in [5, 5.41) is 3.74. The molecule has 0 aliphatic heterocycles. The highest BCUT2D eigenvalue weighted by Crippen LogP contribution is 2.34. The summed E-state index contributed by atoms with van der Waals surface area (Å²) in [5.74, 6) is 1.41. The molecule has 3 aromatic carbocycles. The summed E-state index contributed by atoms with van der Waals surface area (Å²) in [6.07, 6.45) is 0.678. The van der Waals surface area contributed by atoms with Gasteiger partial charge in [-0.25, -0.2) is 9.78 Å². The van der Waals surface area contributed by atoms with Crippen LogP contribution in [0.4, 0.5) is 9.93 Å². The van der Waals surface area contributed by atoms with Crippen molar-refractivity contribution in [1.82, 2.24) is 4.98 Å². The van der Waals surface area contributed by atoms with Gasteiger partial charge in [0.2, 0.25) is 0 Å². The molecule has 0 aliphatic rings. The van der Waals surface area contributed by atoms with Gasteiger partial charge in [0.25, 0.3) is 0 Å². The number of hydrogen-bond donors (Lipinski definition) is 1. The van der Waals surface area contributed by atoms with E-state index in [9.17, 15) is 4.79 Å². The van der Waals surface area contributed by atoms with Crippen LogP contribution in [0.25, 0.3) is 0 Å². The maximum absolute atomic E-state index is 12.2. The second-order valence-corrected chi connectivity index (χ2v) is 10.5. The lowest BCUT2D eigenvalue weighted by atomic mass is 10.1. The van der Waals surface area contributed by atoms with E-state index in [2.05, 4.69) is 10.3 Å². The van der Waals surface area contributed by atoms with Crippen molar-refractivity contribution in [2.45, 2.75) is 39.1 Å². The molecule has 6 nitrogen and oxygen atoms in total. The number of carbonyl (C=O) groups excluding carboxylic acids is 1. The molecule has 0 aliphatic carbocycles. The van der Waals surface area contributed by atoms with E-state index in [1.807, 2.05) is 99.6 Å². The van der Waals surface area contributed by atoms with Crippen molar-refractivity contribution in [2.24, 2.45) is 0 Å². The van der Waals surface area contributed by atoms with Gasteiger partial charge in [-0.15, -0.1) is 0 Å². The van der Waals surface area contributed by atoms with E-state index in [1.54, 1.807) is 6.20 Å². The van der Waals surface area contributed by atoms with Crippen molar-refractivity contribution in [1.29, 1.82) is 0 Å². The number of nitrogens with zero attached hydrogens (tertiary/aromatic N) is 1. The number of thiazole rings is 1. The molecule has 0 fully saturated rings. The van der Waals surface area contributed by atoms with Crippen LogP contribution in [-0.4, -0.2) is 16.7 Å². The van der Waals surface area contributed by atoms with E-state index in [4.69, 9.17) is 25.8 Å². The topological polar surface area (TPSA) is 69.7 Å². The summed E-state index contributed by atoms with van der Waals surface area (Å²) in [7, 11) is 0. The molecule has 0 saturated carbocycles. The molecule has 4 aromatic rings. The molecule has 4 rings (SSSR count). The van der Waals surface area contributed by atoms with Crippen molar-refractivity contribution in [3.05, 3.63) is 106 Å². The van der Waals surface area contributed by atoms with E-state index in [0.717, 1.165) is 21.8 Å². The highest BCUT2D eigenvalue weighted by Gasteiger charge is 2.22. The minimum absolute atomic E-state index is 0.423. The molecule has 1 aromatic heterocycles. The molecule has 0 bridgehead atoms. The van der Waals surface area contributed by atoms with Crippen LogP contribution in [0.15, 0.2) is 85.1 Å². The molecule has 1 atom stereocenters. The molecular weight excluding hydrogens is 496 g/mol. The number of aromatic nitrogens is 1. The quantitative estimate of drug-likeness (QED) is 0.255. The van der Waals surface area contributed by atoms with Crippen molar-refractivity contribution < 1.29 is 19.0 Å². The van der Waals surface area contributed by atoms with Gasteiger partial charge in [0.05, 0.1) is 4.88 Å². The average Bonchev–Trinajstić information content (AvgIpc) is 3.30. The zero-order chi connectivity index (χ0) is 25.5. The number of nitrogens with one attached hydrogen (secondary N) is 1.